The summed E-state index contributed by atoms with van der Waals surface area (Å²) in [5.41, 5.74) is -5.61. The topological polar surface area (TPSA) is 115 Å². The van der Waals surface area contributed by atoms with Crippen LogP contribution in [0.2, 0.25) is 0 Å². The van der Waals surface area contributed by atoms with Gasteiger partial charge < -0.3 is 10.2 Å². The minimum absolute atomic E-state index is 0.0717. The molecule has 2 heterocycles. The van der Waals surface area contributed by atoms with Gasteiger partial charge in [-0.2, -0.15) is 0 Å². The number of para-hydroxylation sites is 2. The maximum absolute atomic E-state index is 13.2. The Morgan fingerprint density at radius 2 is 1.04 bits per heavy atom. The SMILES string of the molecule is CC(=O)N1C(=O)[C@](O)([C@@]2(O)C(=O)N(C(C)=O)c3ccccc32)c2ccccc21. The van der Waals surface area contributed by atoms with E-state index >= 15 is 0 Å². The lowest BCUT2D eigenvalue weighted by molar-refractivity contribution is -0.184. The first-order chi connectivity index (χ1) is 13.2. The first kappa shape index (κ1) is 18.0. The first-order valence-electron chi connectivity index (χ1n) is 8.51. The highest BCUT2D eigenvalue weighted by molar-refractivity contribution is 6.28. The van der Waals surface area contributed by atoms with E-state index in [4.69, 9.17) is 0 Å². The molecule has 0 bridgehead atoms. The van der Waals surface area contributed by atoms with Crippen LogP contribution >= 0.6 is 0 Å². The van der Waals surface area contributed by atoms with Gasteiger partial charge in [0.2, 0.25) is 23.0 Å². The van der Waals surface area contributed by atoms with Crippen molar-refractivity contribution in [2.24, 2.45) is 0 Å². The molecule has 0 saturated heterocycles. The van der Waals surface area contributed by atoms with E-state index in [1.807, 2.05) is 0 Å². The lowest BCUT2D eigenvalue weighted by Crippen LogP contribution is -2.60. The number of carbonyl (C=O) groups is 4. The fraction of sp³-hybridized carbons (Fsp3) is 0.200. The van der Waals surface area contributed by atoms with Gasteiger partial charge in [-0.3, -0.25) is 19.2 Å². The predicted octanol–water partition coefficient (Wildman–Crippen LogP) is 0.548. The van der Waals surface area contributed by atoms with Gasteiger partial charge in [0.25, 0.3) is 11.8 Å². The third-order valence-electron chi connectivity index (χ3n) is 5.25. The van der Waals surface area contributed by atoms with Gasteiger partial charge in [0, 0.05) is 25.0 Å². The van der Waals surface area contributed by atoms with Crippen LogP contribution < -0.4 is 9.80 Å². The third-order valence-corrected chi connectivity index (χ3v) is 5.25. The minimum Gasteiger partial charge on any atom is -0.372 e. The number of fused-ring (bicyclic) bond motifs is 2. The zero-order chi connectivity index (χ0) is 20.4. The Morgan fingerprint density at radius 3 is 1.36 bits per heavy atom. The van der Waals surface area contributed by atoms with Crippen molar-refractivity contribution in [3.05, 3.63) is 59.7 Å². The fourth-order valence-corrected chi connectivity index (χ4v) is 4.05. The molecule has 0 unspecified atom stereocenters. The molecule has 0 aromatic heterocycles. The third kappa shape index (κ3) is 1.85. The second-order valence-corrected chi connectivity index (χ2v) is 6.77. The van der Waals surface area contributed by atoms with E-state index in [2.05, 4.69) is 0 Å². The molecule has 2 aliphatic heterocycles. The van der Waals surface area contributed by atoms with E-state index in [1.165, 1.54) is 36.4 Å². The molecule has 2 atom stereocenters. The highest BCUT2D eigenvalue weighted by atomic mass is 16.4. The van der Waals surface area contributed by atoms with E-state index in [0.29, 0.717) is 0 Å². The van der Waals surface area contributed by atoms with E-state index < -0.39 is 34.8 Å². The van der Waals surface area contributed by atoms with Crippen molar-refractivity contribution in [1.82, 2.24) is 0 Å². The van der Waals surface area contributed by atoms with Crippen LogP contribution in [0.1, 0.15) is 25.0 Å². The van der Waals surface area contributed by atoms with Gasteiger partial charge >= 0.3 is 0 Å². The molecular formula is C20H16N2O6. The largest absolute Gasteiger partial charge is 0.372 e. The summed E-state index contributed by atoms with van der Waals surface area (Å²) >= 11 is 0. The Labute approximate surface area is 159 Å². The average molecular weight is 380 g/mol. The number of imide groups is 2. The molecule has 4 amide bonds. The summed E-state index contributed by atoms with van der Waals surface area (Å²) in [6.07, 6.45) is 0. The normalized spacial score (nSPS) is 25.7. The summed E-state index contributed by atoms with van der Waals surface area (Å²) in [6.45, 7) is 2.27. The van der Waals surface area contributed by atoms with Crippen molar-refractivity contribution < 1.29 is 29.4 Å². The number of anilines is 2. The average Bonchev–Trinajstić information content (AvgIpc) is 3.04. The number of hydrogen-bond donors (Lipinski definition) is 2. The van der Waals surface area contributed by atoms with Gasteiger partial charge in [0.15, 0.2) is 0 Å². The van der Waals surface area contributed by atoms with Gasteiger partial charge in [-0.05, 0) is 12.1 Å². The van der Waals surface area contributed by atoms with Gasteiger partial charge in [0.1, 0.15) is 0 Å². The summed E-state index contributed by atoms with van der Waals surface area (Å²) in [7, 11) is 0. The maximum atomic E-state index is 13.2. The number of hydrogen-bond acceptors (Lipinski definition) is 6. The van der Waals surface area contributed by atoms with Crippen LogP contribution in [0.3, 0.4) is 0 Å². The van der Waals surface area contributed by atoms with E-state index in [-0.39, 0.29) is 22.5 Å². The van der Waals surface area contributed by atoms with E-state index in [1.54, 1.807) is 12.1 Å². The van der Waals surface area contributed by atoms with Crippen LogP contribution in [0.15, 0.2) is 48.5 Å². The molecule has 8 heteroatoms. The van der Waals surface area contributed by atoms with Crippen LogP contribution in [-0.2, 0) is 30.4 Å². The Kier molecular flexibility index (Phi) is 3.59. The molecule has 142 valence electrons. The quantitative estimate of drug-likeness (QED) is 0.747. The smallest absolute Gasteiger partial charge is 0.274 e. The first-order valence-corrected chi connectivity index (χ1v) is 8.51. The maximum Gasteiger partial charge on any atom is 0.274 e. The molecule has 2 aromatic rings. The molecule has 0 spiro atoms. The molecular weight excluding hydrogens is 364 g/mol. The van der Waals surface area contributed by atoms with Crippen molar-refractivity contribution in [3.63, 3.8) is 0 Å². The summed E-state index contributed by atoms with van der Waals surface area (Å²) in [6, 6.07) is 11.7. The zero-order valence-electron chi connectivity index (χ0n) is 15.0. The number of aliphatic hydroxyl groups is 2. The van der Waals surface area contributed by atoms with Crippen LogP contribution in [0.4, 0.5) is 11.4 Å². The van der Waals surface area contributed by atoms with E-state index in [0.717, 1.165) is 23.6 Å². The summed E-state index contributed by atoms with van der Waals surface area (Å²) in [4.78, 5) is 52.0. The predicted molar refractivity (Wildman–Crippen MR) is 97.0 cm³/mol. The van der Waals surface area contributed by atoms with Crippen molar-refractivity contribution in [2.45, 2.75) is 25.0 Å². The summed E-state index contributed by atoms with van der Waals surface area (Å²) in [5.74, 6) is -3.67. The molecule has 8 nitrogen and oxygen atoms in total. The van der Waals surface area contributed by atoms with Gasteiger partial charge in [-0.15, -0.1) is 0 Å². The molecule has 2 aliphatic rings. The number of benzene rings is 2. The standard InChI is InChI=1S/C20H16N2O6/c1-11(23)21-15-9-5-3-7-13(15)19(27,17(21)25)20(28)14-8-4-6-10-16(14)22(12(2)24)18(20)26/h3-10,27-28H,1-2H3/t19-,20-/m0/s1. The highest BCUT2D eigenvalue weighted by Gasteiger charge is 2.71. The van der Waals surface area contributed by atoms with Crippen LogP contribution in [0, 0.1) is 0 Å². The Morgan fingerprint density at radius 1 is 0.714 bits per heavy atom. The van der Waals surface area contributed by atoms with Crippen LogP contribution in [-0.4, -0.2) is 33.8 Å². The molecule has 0 radical (unpaired) electrons. The number of carbonyl (C=O) groups excluding carboxylic acids is 4. The molecule has 0 saturated carbocycles. The van der Waals surface area contributed by atoms with Crippen molar-refractivity contribution in [2.75, 3.05) is 9.80 Å². The van der Waals surface area contributed by atoms with Gasteiger partial charge in [-0.1, -0.05) is 36.4 Å². The second kappa shape index (κ2) is 5.57. The van der Waals surface area contributed by atoms with Gasteiger partial charge in [0.05, 0.1) is 11.4 Å². The molecule has 4 rings (SSSR count). The van der Waals surface area contributed by atoms with Crippen LogP contribution in [0.25, 0.3) is 0 Å². The monoisotopic (exact) mass is 380 g/mol. The molecule has 0 aliphatic carbocycles. The Hall–Kier alpha value is -3.36. The lowest BCUT2D eigenvalue weighted by Gasteiger charge is -2.35. The van der Waals surface area contributed by atoms with Crippen molar-refractivity contribution in [3.8, 4) is 0 Å². The highest BCUT2D eigenvalue weighted by Crippen LogP contribution is 2.55. The summed E-state index contributed by atoms with van der Waals surface area (Å²) in [5, 5.41) is 23.1. The lowest BCUT2D eigenvalue weighted by atomic mass is 9.74. The molecule has 2 N–H and O–H groups in total. The molecule has 0 fully saturated rings. The van der Waals surface area contributed by atoms with Crippen molar-refractivity contribution in [1.29, 1.82) is 0 Å². The zero-order valence-corrected chi connectivity index (χ0v) is 15.0. The molecule has 2 aromatic carbocycles. The Bertz CT molecular complexity index is 994. The Balaban J connectivity index is 2.06. The van der Waals surface area contributed by atoms with Crippen molar-refractivity contribution >= 4 is 35.0 Å². The molecule has 28 heavy (non-hydrogen) atoms. The number of amides is 4. The summed E-state index contributed by atoms with van der Waals surface area (Å²) < 4.78 is 0. The number of rotatable bonds is 1. The van der Waals surface area contributed by atoms with E-state index in [9.17, 15) is 29.4 Å². The fourth-order valence-electron chi connectivity index (χ4n) is 4.05. The van der Waals surface area contributed by atoms with Crippen LogP contribution in [0.5, 0.6) is 0 Å². The van der Waals surface area contributed by atoms with Gasteiger partial charge in [-0.25, -0.2) is 9.80 Å². The second-order valence-electron chi connectivity index (χ2n) is 6.77. The minimum atomic E-state index is -2.79. The number of nitrogens with zero attached hydrogens (tertiary/aromatic N) is 2.